The summed E-state index contributed by atoms with van der Waals surface area (Å²) in [6.45, 7) is 3.11. The van der Waals surface area contributed by atoms with E-state index in [1.165, 1.54) is 24.3 Å². The molecule has 144 valence electrons. The Kier molecular flexibility index (Phi) is 5.14. The van der Waals surface area contributed by atoms with Crippen molar-refractivity contribution in [2.45, 2.75) is 24.6 Å². The van der Waals surface area contributed by atoms with Crippen LogP contribution >= 0.6 is 23.2 Å². The highest BCUT2D eigenvalue weighted by atomic mass is 35.5. The van der Waals surface area contributed by atoms with Crippen molar-refractivity contribution in [3.8, 4) is 11.5 Å². The predicted octanol–water partition coefficient (Wildman–Crippen LogP) is 4.23. The molecule has 27 heavy (non-hydrogen) atoms. The Hall–Kier alpha value is -1.83. The molecule has 2 aromatic rings. The normalized spacial score (nSPS) is 19.8. The molecular weight excluding hydrogens is 416 g/mol. The number of hydrogen-bond acceptors (Lipinski definition) is 4. The van der Waals surface area contributed by atoms with Gasteiger partial charge in [-0.05, 0) is 38.1 Å². The molecule has 1 saturated heterocycles. The summed E-state index contributed by atoms with van der Waals surface area (Å²) in [5, 5.41) is 2.71. The van der Waals surface area contributed by atoms with Gasteiger partial charge in [-0.1, -0.05) is 29.3 Å². The molecule has 1 N–H and O–H groups in total. The van der Waals surface area contributed by atoms with Crippen LogP contribution in [0.5, 0.6) is 11.5 Å². The minimum atomic E-state index is -3.24. The molecule has 1 amide bonds. The van der Waals surface area contributed by atoms with Gasteiger partial charge in [-0.2, -0.15) is 0 Å². The van der Waals surface area contributed by atoms with E-state index in [2.05, 4.69) is 5.32 Å². The van der Waals surface area contributed by atoms with Gasteiger partial charge >= 0.3 is 0 Å². The molecule has 1 aliphatic rings. The van der Waals surface area contributed by atoms with Crippen molar-refractivity contribution in [3.63, 3.8) is 0 Å². The Morgan fingerprint density at radius 3 is 2.52 bits per heavy atom. The van der Waals surface area contributed by atoms with Gasteiger partial charge in [0.25, 0.3) is 5.91 Å². The fraction of sp³-hybridized carbons (Fsp3) is 0.278. The van der Waals surface area contributed by atoms with Gasteiger partial charge < -0.3 is 10.1 Å². The number of hydrogen-bond donors (Lipinski definition) is 1. The summed E-state index contributed by atoms with van der Waals surface area (Å²) >= 11 is 11.9. The number of carbonyl (C=O) groups excluding carboxylic acids is 1. The summed E-state index contributed by atoms with van der Waals surface area (Å²) in [7, 11) is -3.24. The number of sulfone groups is 1. The van der Waals surface area contributed by atoms with Crippen molar-refractivity contribution in [2.75, 3.05) is 5.75 Å². The van der Waals surface area contributed by atoms with E-state index in [1.54, 1.807) is 19.9 Å². The zero-order valence-electron chi connectivity index (χ0n) is 14.4. The van der Waals surface area contributed by atoms with Gasteiger partial charge in [0.15, 0.2) is 9.84 Å². The van der Waals surface area contributed by atoms with E-state index in [1.807, 2.05) is 0 Å². The first-order valence-electron chi connectivity index (χ1n) is 7.97. The van der Waals surface area contributed by atoms with Gasteiger partial charge in [-0.3, -0.25) is 4.79 Å². The van der Waals surface area contributed by atoms with E-state index in [9.17, 15) is 17.6 Å². The third-order valence-electron chi connectivity index (χ3n) is 4.65. The van der Waals surface area contributed by atoms with Crippen LogP contribution in [0.1, 0.15) is 24.2 Å². The predicted molar refractivity (Wildman–Crippen MR) is 102 cm³/mol. The minimum absolute atomic E-state index is 0.0553. The lowest BCUT2D eigenvalue weighted by Crippen LogP contribution is -2.66. The van der Waals surface area contributed by atoms with Crippen molar-refractivity contribution >= 4 is 38.9 Å². The largest absolute Gasteiger partial charge is 0.456 e. The van der Waals surface area contributed by atoms with Crippen LogP contribution in [-0.4, -0.2) is 30.9 Å². The summed E-state index contributed by atoms with van der Waals surface area (Å²) in [6, 6.07) is 7.89. The number of halogens is 3. The lowest BCUT2D eigenvalue weighted by atomic mass is 10.0. The standard InChI is InChI=1S/C18H16Cl2FNO4S/c1-18(2)15(9-27(18,24)25)22-17(23)16-11(19)4-3-5-14(16)26-10-6-7-13(21)12(20)8-10/h3-8,15H,9H2,1-2H3,(H,22,23). The Morgan fingerprint density at radius 2 is 1.93 bits per heavy atom. The van der Waals surface area contributed by atoms with Crippen molar-refractivity contribution in [1.82, 2.24) is 5.32 Å². The summed E-state index contributed by atoms with van der Waals surface area (Å²) in [5.74, 6) is -0.926. The number of benzene rings is 2. The maximum Gasteiger partial charge on any atom is 0.256 e. The molecule has 1 fully saturated rings. The highest BCUT2D eigenvalue weighted by Crippen LogP contribution is 2.36. The van der Waals surface area contributed by atoms with Crippen LogP contribution in [0.2, 0.25) is 10.0 Å². The number of rotatable bonds is 4. The summed E-state index contributed by atoms with van der Waals surface area (Å²) in [6.07, 6.45) is 0. The SMILES string of the molecule is CC1(C)C(NC(=O)c2c(Cl)cccc2Oc2ccc(F)c(Cl)c2)CS1(=O)=O. The van der Waals surface area contributed by atoms with Crippen LogP contribution in [0.25, 0.3) is 0 Å². The number of amides is 1. The smallest absolute Gasteiger partial charge is 0.256 e. The van der Waals surface area contributed by atoms with Crippen molar-refractivity contribution in [2.24, 2.45) is 0 Å². The Balaban J connectivity index is 1.87. The van der Waals surface area contributed by atoms with Gasteiger partial charge in [-0.15, -0.1) is 0 Å². The van der Waals surface area contributed by atoms with Gasteiger partial charge in [0.1, 0.15) is 22.9 Å². The molecule has 1 heterocycles. The van der Waals surface area contributed by atoms with Crippen LogP contribution in [0, 0.1) is 5.82 Å². The first kappa shape index (κ1) is 19.9. The van der Waals surface area contributed by atoms with Crippen molar-refractivity contribution in [1.29, 1.82) is 0 Å². The first-order chi connectivity index (χ1) is 12.5. The van der Waals surface area contributed by atoms with Gasteiger partial charge in [0, 0.05) is 6.07 Å². The van der Waals surface area contributed by atoms with Gasteiger partial charge in [0.05, 0.1) is 26.6 Å². The fourth-order valence-electron chi connectivity index (χ4n) is 2.68. The second kappa shape index (κ2) is 6.96. The zero-order valence-corrected chi connectivity index (χ0v) is 16.8. The molecule has 0 radical (unpaired) electrons. The average molecular weight is 432 g/mol. The Morgan fingerprint density at radius 1 is 1.22 bits per heavy atom. The quantitative estimate of drug-likeness (QED) is 0.785. The van der Waals surface area contributed by atoms with Crippen LogP contribution in [0.4, 0.5) is 4.39 Å². The van der Waals surface area contributed by atoms with E-state index in [4.69, 9.17) is 27.9 Å². The number of nitrogens with one attached hydrogen (secondary N) is 1. The molecule has 0 aromatic heterocycles. The van der Waals surface area contributed by atoms with Gasteiger partial charge in [-0.25, -0.2) is 12.8 Å². The van der Waals surface area contributed by atoms with E-state index in [0.717, 1.165) is 6.07 Å². The van der Waals surface area contributed by atoms with Crippen LogP contribution in [-0.2, 0) is 9.84 Å². The molecule has 0 spiro atoms. The molecule has 0 bridgehead atoms. The maximum absolute atomic E-state index is 13.3. The monoisotopic (exact) mass is 431 g/mol. The van der Waals surface area contributed by atoms with E-state index in [0.29, 0.717) is 0 Å². The van der Waals surface area contributed by atoms with E-state index in [-0.39, 0.29) is 32.9 Å². The highest BCUT2D eigenvalue weighted by Gasteiger charge is 2.54. The second-order valence-corrected chi connectivity index (χ2v) is 10.1. The Labute approximate surface area is 166 Å². The number of ether oxygens (including phenoxy) is 1. The Bertz CT molecular complexity index is 1020. The summed E-state index contributed by atoms with van der Waals surface area (Å²) in [4.78, 5) is 12.7. The van der Waals surface area contributed by atoms with Crippen LogP contribution in [0.15, 0.2) is 36.4 Å². The molecule has 9 heteroatoms. The topological polar surface area (TPSA) is 72.5 Å². The van der Waals surface area contributed by atoms with E-state index < -0.39 is 32.4 Å². The zero-order chi connectivity index (χ0) is 20.0. The molecular formula is C18H16Cl2FNO4S. The molecule has 1 unspecified atom stereocenters. The first-order valence-corrected chi connectivity index (χ1v) is 10.4. The average Bonchev–Trinajstić information content (AvgIpc) is 2.57. The van der Waals surface area contributed by atoms with Gasteiger partial charge in [0.2, 0.25) is 0 Å². The molecule has 0 aliphatic carbocycles. The minimum Gasteiger partial charge on any atom is -0.456 e. The lowest BCUT2D eigenvalue weighted by molar-refractivity contribution is 0.0927. The van der Waals surface area contributed by atoms with Crippen LogP contribution in [0.3, 0.4) is 0 Å². The van der Waals surface area contributed by atoms with E-state index >= 15 is 0 Å². The fourth-order valence-corrected chi connectivity index (χ4v) is 4.74. The maximum atomic E-state index is 13.3. The molecule has 3 rings (SSSR count). The lowest BCUT2D eigenvalue weighted by Gasteiger charge is -2.43. The number of carbonyl (C=O) groups is 1. The van der Waals surface area contributed by atoms with Crippen LogP contribution < -0.4 is 10.1 Å². The summed E-state index contributed by atoms with van der Waals surface area (Å²) < 4.78 is 41.6. The molecule has 0 saturated carbocycles. The molecule has 1 atom stereocenters. The molecule has 2 aromatic carbocycles. The van der Waals surface area contributed by atoms with Crippen molar-refractivity contribution in [3.05, 3.63) is 57.8 Å². The second-order valence-electron chi connectivity index (χ2n) is 6.70. The highest BCUT2D eigenvalue weighted by molar-refractivity contribution is 7.94. The molecule has 5 nitrogen and oxygen atoms in total. The van der Waals surface area contributed by atoms with Crippen molar-refractivity contribution < 1.29 is 22.3 Å². The third kappa shape index (κ3) is 3.63. The summed E-state index contributed by atoms with van der Waals surface area (Å²) in [5.41, 5.74) is 0.0553. The third-order valence-corrected chi connectivity index (χ3v) is 7.92. The molecule has 1 aliphatic heterocycles.